The number of hydrogen-bond acceptors (Lipinski definition) is 2. The Labute approximate surface area is 121 Å². The van der Waals surface area contributed by atoms with Crippen molar-refractivity contribution in [3.63, 3.8) is 0 Å². The van der Waals surface area contributed by atoms with Gasteiger partial charge in [-0.3, -0.25) is 4.79 Å². The Kier molecular flexibility index (Phi) is 3.93. The second kappa shape index (κ2) is 5.11. The first kappa shape index (κ1) is 13.1. The van der Waals surface area contributed by atoms with Gasteiger partial charge in [-0.15, -0.1) is 11.3 Å². The zero-order chi connectivity index (χ0) is 12.6. The summed E-state index contributed by atoms with van der Waals surface area (Å²) in [7, 11) is 0. The third-order valence-corrected chi connectivity index (χ3v) is 4.32. The molecule has 0 radical (unpaired) electrons. The predicted octanol–water partition coefficient (Wildman–Crippen LogP) is 5.36. The van der Waals surface area contributed by atoms with Crippen molar-refractivity contribution in [3.8, 4) is 0 Å². The molecule has 1 aromatic heterocycles. The van der Waals surface area contributed by atoms with Crippen molar-refractivity contribution in [2.75, 3.05) is 0 Å². The lowest BCUT2D eigenvalue weighted by Gasteiger charge is -2.04. The molecule has 1 heterocycles. The highest BCUT2D eigenvalue weighted by Crippen LogP contribution is 2.33. The van der Waals surface area contributed by atoms with Gasteiger partial charge < -0.3 is 0 Å². The van der Waals surface area contributed by atoms with Gasteiger partial charge in [-0.2, -0.15) is 0 Å². The Morgan fingerprint density at radius 2 is 1.94 bits per heavy atom. The van der Waals surface area contributed by atoms with Crippen molar-refractivity contribution in [3.05, 3.63) is 54.1 Å². The van der Waals surface area contributed by atoms with Gasteiger partial charge in [0.25, 0.3) is 0 Å². The van der Waals surface area contributed by atoms with Crippen molar-refractivity contribution >= 4 is 56.3 Å². The average Bonchev–Trinajstić information content (AvgIpc) is 2.57. The Hall–Kier alpha value is -0.350. The molecule has 0 aliphatic heterocycles. The van der Waals surface area contributed by atoms with E-state index in [-0.39, 0.29) is 5.78 Å². The molecule has 0 unspecified atom stereocenters. The van der Waals surface area contributed by atoms with Crippen LogP contribution in [0.4, 0.5) is 0 Å². The maximum atomic E-state index is 12.3. The molecular weight excluding hydrogens is 343 g/mol. The van der Waals surface area contributed by atoms with Crippen molar-refractivity contribution < 1.29 is 4.79 Å². The van der Waals surface area contributed by atoms with E-state index in [9.17, 15) is 4.79 Å². The van der Waals surface area contributed by atoms with Crippen LogP contribution in [0.15, 0.2) is 28.7 Å². The minimum absolute atomic E-state index is 0.0943. The van der Waals surface area contributed by atoms with E-state index in [1.165, 1.54) is 11.3 Å². The van der Waals surface area contributed by atoms with Gasteiger partial charge >= 0.3 is 0 Å². The fourth-order valence-electron chi connectivity index (χ4n) is 1.52. The summed E-state index contributed by atoms with van der Waals surface area (Å²) in [6.45, 7) is 1.89. The molecular formula is C12H7BrCl2OS. The van der Waals surface area contributed by atoms with Gasteiger partial charge in [0.1, 0.15) is 4.34 Å². The number of benzene rings is 1. The minimum atomic E-state index is -0.0943. The molecule has 2 rings (SSSR count). The molecule has 0 N–H and O–H groups in total. The standard InChI is InChI=1S/C12H7BrCl2OS/c1-6-4-7(13)2-3-8(6)11(16)9-5-10(14)17-12(9)15/h2-5H,1H3. The summed E-state index contributed by atoms with van der Waals surface area (Å²) in [5, 5.41) is 0. The monoisotopic (exact) mass is 348 g/mol. The molecule has 0 saturated carbocycles. The molecule has 0 fully saturated rings. The van der Waals surface area contributed by atoms with Crippen molar-refractivity contribution in [2.24, 2.45) is 0 Å². The minimum Gasteiger partial charge on any atom is -0.289 e. The molecule has 0 aliphatic rings. The lowest BCUT2D eigenvalue weighted by molar-refractivity contribution is 0.103. The maximum Gasteiger partial charge on any atom is 0.195 e. The second-order valence-electron chi connectivity index (χ2n) is 3.53. The van der Waals surface area contributed by atoms with Crippen molar-refractivity contribution in [1.29, 1.82) is 0 Å². The highest BCUT2D eigenvalue weighted by molar-refractivity contribution is 9.10. The van der Waals surface area contributed by atoms with Crippen LogP contribution >= 0.6 is 50.5 Å². The number of hydrogen-bond donors (Lipinski definition) is 0. The first-order valence-corrected chi connectivity index (χ1v) is 7.11. The fraction of sp³-hybridized carbons (Fsp3) is 0.0833. The van der Waals surface area contributed by atoms with E-state index in [1.807, 2.05) is 19.1 Å². The van der Waals surface area contributed by atoms with Crippen LogP contribution in [0.1, 0.15) is 21.5 Å². The number of carbonyl (C=O) groups is 1. The van der Waals surface area contributed by atoms with Gasteiger partial charge in [0.2, 0.25) is 0 Å². The predicted molar refractivity (Wildman–Crippen MR) is 76.7 cm³/mol. The summed E-state index contributed by atoms with van der Waals surface area (Å²) in [6, 6.07) is 7.12. The van der Waals surface area contributed by atoms with E-state index in [2.05, 4.69) is 15.9 Å². The van der Waals surface area contributed by atoms with Gasteiger partial charge in [0.15, 0.2) is 5.78 Å². The number of rotatable bonds is 2. The van der Waals surface area contributed by atoms with Gasteiger partial charge in [0.05, 0.1) is 9.90 Å². The molecule has 0 aliphatic carbocycles. The van der Waals surface area contributed by atoms with Crippen molar-refractivity contribution in [1.82, 2.24) is 0 Å². The first-order chi connectivity index (χ1) is 7.99. The maximum absolute atomic E-state index is 12.3. The van der Waals surface area contributed by atoms with Gasteiger partial charge in [-0.05, 0) is 36.8 Å². The zero-order valence-corrected chi connectivity index (χ0v) is 12.7. The summed E-state index contributed by atoms with van der Waals surface area (Å²) in [6.07, 6.45) is 0. The Morgan fingerprint density at radius 3 is 2.47 bits per heavy atom. The fourth-order valence-corrected chi connectivity index (χ4v) is 3.46. The molecule has 5 heteroatoms. The summed E-state index contributed by atoms with van der Waals surface area (Å²) in [5.41, 5.74) is 2.01. The highest BCUT2D eigenvalue weighted by atomic mass is 79.9. The Balaban J connectivity index is 2.47. The van der Waals surface area contributed by atoms with Crippen LogP contribution in [0.25, 0.3) is 0 Å². The molecule has 0 bridgehead atoms. The number of thiophene rings is 1. The smallest absolute Gasteiger partial charge is 0.195 e. The third kappa shape index (κ3) is 2.74. The molecule has 2 aromatic rings. The van der Waals surface area contributed by atoms with Crippen LogP contribution in [0.2, 0.25) is 8.67 Å². The molecule has 0 atom stereocenters. The van der Waals surface area contributed by atoms with Crippen LogP contribution in [0.5, 0.6) is 0 Å². The summed E-state index contributed by atoms with van der Waals surface area (Å²) in [5.74, 6) is -0.0943. The molecule has 0 spiro atoms. The van der Waals surface area contributed by atoms with Crippen LogP contribution in [-0.2, 0) is 0 Å². The summed E-state index contributed by atoms with van der Waals surface area (Å²) < 4.78 is 1.90. The molecule has 1 nitrogen and oxygen atoms in total. The summed E-state index contributed by atoms with van der Waals surface area (Å²) in [4.78, 5) is 12.3. The van der Waals surface area contributed by atoms with Crippen LogP contribution < -0.4 is 0 Å². The van der Waals surface area contributed by atoms with E-state index in [0.29, 0.717) is 19.8 Å². The van der Waals surface area contributed by atoms with Crippen LogP contribution in [-0.4, -0.2) is 5.78 Å². The van der Waals surface area contributed by atoms with E-state index in [0.717, 1.165) is 10.0 Å². The summed E-state index contributed by atoms with van der Waals surface area (Å²) >= 11 is 16.4. The van der Waals surface area contributed by atoms with E-state index < -0.39 is 0 Å². The SMILES string of the molecule is Cc1cc(Br)ccc1C(=O)c1cc(Cl)sc1Cl. The molecule has 88 valence electrons. The van der Waals surface area contributed by atoms with Gasteiger partial charge in [-0.25, -0.2) is 0 Å². The topological polar surface area (TPSA) is 17.1 Å². The number of halogens is 3. The quantitative estimate of drug-likeness (QED) is 0.667. The van der Waals surface area contributed by atoms with Crippen LogP contribution in [0.3, 0.4) is 0 Å². The number of ketones is 1. The number of aryl methyl sites for hydroxylation is 1. The Morgan fingerprint density at radius 1 is 1.24 bits per heavy atom. The zero-order valence-electron chi connectivity index (χ0n) is 8.76. The Bertz CT molecular complexity index is 592. The van der Waals surface area contributed by atoms with Gasteiger partial charge in [-0.1, -0.05) is 39.1 Å². The first-order valence-electron chi connectivity index (χ1n) is 4.74. The van der Waals surface area contributed by atoms with E-state index >= 15 is 0 Å². The molecule has 0 saturated heterocycles. The van der Waals surface area contributed by atoms with Crippen LogP contribution in [0, 0.1) is 6.92 Å². The molecule has 1 aromatic carbocycles. The van der Waals surface area contributed by atoms with E-state index in [1.54, 1.807) is 12.1 Å². The largest absolute Gasteiger partial charge is 0.289 e. The second-order valence-corrected chi connectivity index (χ2v) is 6.73. The van der Waals surface area contributed by atoms with E-state index in [4.69, 9.17) is 23.2 Å². The molecule has 0 amide bonds. The normalized spacial score (nSPS) is 10.6. The number of carbonyl (C=O) groups excluding carboxylic acids is 1. The lowest BCUT2D eigenvalue weighted by atomic mass is 10.0. The average molecular weight is 350 g/mol. The highest BCUT2D eigenvalue weighted by Gasteiger charge is 2.17. The molecule has 17 heavy (non-hydrogen) atoms. The van der Waals surface area contributed by atoms with Gasteiger partial charge in [0, 0.05) is 10.0 Å². The lowest BCUT2D eigenvalue weighted by Crippen LogP contribution is -2.02. The third-order valence-electron chi connectivity index (χ3n) is 2.33. The van der Waals surface area contributed by atoms with Crippen molar-refractivity contribution in [2.45, 2.75) is 6.92 Å².